The Morgan fingerprint density at radius 3 is 2.19 bits per heavy atom. The van der Waals surface area contributed by atoms with E-state index < -0.39 is 0 Å². The molecule has 1 fully saturated rings. The molecule has 1 saturated heterocycles. The second-order valence-electron chi connectivity index (χ2n) is 5.11. The van der Waals surface area contributed by atoms with Gasteiger partial charge in [0, 0.05) is 18.8 Å². The van der Waals surface area contributed by atoms with Crippen molar-refractivity contribution in [3.63, 3.8) is 0 Å². The number of para-hydroxylation sites is 1. The quantitative estimate of drug-likeness (QED) is 0.718. The van der Waals surface area contributed by atoms with Crippen LogP contribution in [0.2, 0.25) is 0 Å². The van der Waals surface area contributed by atoms with Gasteiger partial charge in [0.15, 0.2) is 0 Å². The van der Waals surface area contributed by atoms with E-state index in [9.17, 15) is 0 Å². The lowest BCUT2D eigenvalue weighted by Gasteiger charge is -2.26. The van der Waals surface area contributed by atoms with Gasteiger partial charge < -0.3 is 4.90 Å². The average Bonchev–Trinajstić information content (AvgIpc) is 2.57. The van der Waals surface area contributed by atoms with Crippen molar-refractivity contribution in [1.82, 2.24) is 0 Å². The fourth-order valence-electron chi connectivity index (χ4n) is 2.58. The topological polar surface area (TPSA) is 3.24 Å². The third-order valence-corrected chi connectivity index (χ3v) is 3.51. The number of rotatable bonds is 2. The van der Waals surface area contributed by atoms with Crippen molar-refractivity contribution in [3.05, 3.63) is 29.8 Å². The van der Waals surface area contributed by atoms with E-state index in [0.717, 1.165) is 0 Å². The van der Waals surface area contributed by atoms with Gasteiger partial charge in [0.25, 0.3) is 0 Å². The second kappa shape index (κ2) is 5.38. The maximum atomic E-state index is 2.59. The van der Waals surface area contributed by atoms with Gasteiger partial charge >= 0.3 is 0 Å². The molecule has 1 aliphatic rings. The molecule has 0 radical (unpaired) electrons. The highest BCUT2D eigenvalue weighted by molar-refractivity contribution is 5.55. The molecule has 88 valence electrons. The Morgan fingerprint density at radius 1 is 0.938 bits per heavy atom. The van der Waals surface area contributed by atoms with Gasteiger partial charge in [0.05, 0.1) is 0 Å². The fraction of sp³-hybridized carbons (Fsp3) is 0.600. The third-order valence-electron chi connectivity index (χ3n) is 3.51. The molecule has 0 atom stereocenters. The van der Waals surface area contributed by atoms with Gasteiger partial charge in [-0.3, -0.25) is 0 Å². The number of nitrogens with zero attached hydrogens (tertiary/aromatic N) is 1. The first-order valence-electron chi connectivity index (χ1n) is 6.63. The highest BCUT2D eigenvalue weighted by atomic mass is 15.1. The summed E-state index contributed by atoms with van der Waals surface area (Å²) in [5.74, 6) is 0.624. The van der Waals surface area contributed by atoms with Crippen LogP contribution in [0.5, 0.6) is 0 Å². The Kier molecular flexibility index (Phi) is 3.87. The predicted octanol–water partition coefficient (Wildman–Crippen LogP) is 4.19. The number of hydrogen-bond acceptors (Lipinski definition) is 1. The van der Waals surface area contributed by atoms with Gasteiger partial charge in [-0.05, 0) is 30.4 Å². The van der Waals surface area contributed by atoms with Crippen LogP contribution in [0, 0.1) is 0 Å². The van der Waals surface area contributed by atoms with Crippen LogP contribution in [-0.4, -0.2) is 13.1 Å². The van der Waals surface area contributed by atoms with Gasteiger partial charge in [0.2, 0.25) is 0 Å². The lowest BCUT2D eigenvalue weighted by molar-refractivity contribution is 0.726. The zero-order valence-corrected chi connectivity index (χ0v) is 10.6. The summed E-state index contributed by atoms with van der Waals surface area (Å²) >= 11 is 0. The first kappa shape index (κ1) is 11.5. The smallest absolute Gasteiger partial charge is 0.0401 e. The number of hydrogen-bond donors (Lipinski definition) is 0. The summed E-state index contributed by atoms with van der Waals surface area (Å²) < 4.78 is 0. The van der Waals surface area contributed by atoms with Crippen LogP contribution in [0.3, 0.4) is 0 Å². The zero-order valence-electron chi connectivity index (χ0n) is 10.6. The Hall–Kier alpha value is -0.980. The van der Waals surface area contributed by atoms with Crippen LogP contribution in [-0.2, 0) is 0 Å². The molecule has 0 unspecified atom stereocenters. The van der Waals surface area contributed by atoms with E-state index in [4.69, 9.17) is 0 Å². The van der Waals surface area contributed by atoms with E-state index >= 15 is 0 Å². The summed E-state index contributed by atoms with van der Waals surface area (Å²) in [6.07, 6.45) is 5.51. The predicted molar refractivity (Wildman–Crippen MR) is 71.2 cm³/mol. The average molecular weight is 217 g/mol. The lowest BCUT2D eigenvalue weighted by atomic mass is 10.0. The van der Waals surface area contributed by atoms with Crippen LogP contribution in [0.25, 0.3) is 0 Å². The molecule has 1 aromatic rings. The minimum absolute atomic E-state index is 0.624. The summed E-state index contributed by atoms with van der Waals surface area (Å²) in [5, 5.41) is 0. The molecule has 1 aromatic carbocycles. The van der Waals surface area contributed by atoms with Crippen LogP contribution >= 0.6 is 0 Å². The molecule has 1 aliphatic heterocycles. The molecule has 0 bridgehead atoms. The molecule has 1 heterocycles. The van der Waals surface area contributed by atoms with Crippen molar-refractivity contribution in [2.24, 2.45) is 0 Å². The lowest BCUT2D eigenvalue weighted by Crippen LogP contribution is -2.25. The van der Waals surface area contributed by atoms with E-state index in [0.29, 0.717) is 5.92 Å². The van der Waals surface area contributed by atoms with E-state index in [1.807, 2.05) is 0 Å². The summed E-state index contributed by atoms with van der Waals surface area (Å²) in [6.45, 7) is 7.06. The van der Waals surface area contributed by atoms with Gasteiger partial charge in [-0.1, -0.05) is 44.9 Å². The third kappa shape index (κ3) is 2.58. The molecule has 2 rings (SSSR count). The maximum Gasteiger partial charge on any atom is 0.0401 e. The number of anilines is 1. The van der Waals surface area contributed by atoms with Crippen molar-refractivity contribution in [2.45, 2.75) is 45.4 Å². The molecule has 0 aliphatic carbocycles. The van der Waals surface area contributed by atoms with E-state index in [1.165, 1.54) is 50.0 Å². The number of benzene rings is 1. The molecule has 0 N–H and O–H groups in total. The molecule has 1 heteroatoms. The van der Waals surface area contributed by atoms with Gasteiger partial charge in [-0.25, -0.2) is 0 Å². The Bertz CT molecular complexity index is 322. The second-order valence-corrected chi connectivity index (χ2v) is 5.11. The Labute approximate surface area is 99.5 Å². The molecule has 16 heavy (non-hydrogen) atoms. The van der Waals surface area contributed by atoms with Gasteiger partial charge in [-0.15, -0.1) is 0 Å². The Balaban J connectivity index is 2.23. The molecule has 0 aromatic heterocycles. The maximum absolute atomic E-state index is 2.59. The standard InChI is InChI=1S/C15H23N/c1-13(2)14-9-5-6-10-15(14)16-11-7-3-4-8-12-16/h5-6,9-10,13H,3-4,7-8,11-12H2,1-2H3. The molecular formula is C15H23N. The first-order chi connectivity index (χ1) is 7.79. The van der Waals surface area contributed by atoms with E-state index in [-0.39, 0.29) is 0 Å². The summed E-state index contributed by atoms with van der Waals surface area (Å²) in [4.78, 5) is 2.59. The highest BCUT2D eigenvalue weighted by Gasteiger charge is 2.14. The van der Waals surface area contributed by atoms with E-state index in [2.05, 4.69) is 43.0 Å². The van der Waals surface area contributed by atoms with Crippen LogP contribution < -0.4 is 4.90 Å². The minimum atomic E-state index is 0.624. The highest BCUT2D eigenvalue weighted by Crippen LogP contribution is 2.28. The van der Waals surface area contributed by atoms with Crippen molar-refractivity contribution in [1.29, 1.82) is 0 Å². The van der Waals surface area contributed by atoms with Gasteiger partial charge in [0.1, 0.15) is 0 Å². The van der Waals surface area contributed by atoms with Crippen molar-refractivity contribution in [2.75, 3.05) is 18.0 Å². The molecular weight excluding hydrogens is 194 g/mol. The first-order valence-corrected chi connectivity index (χ1v) is 6.63. The van der Waals surface area contributed by atoms with Crippen molar-refractivity contribution in [3.8, 4) is 0 Å². The Morgan fingerprint density at radius 2 is 1.56 bits per heavy atom. The van der Waals surface area contributed by atoms with Crippen LogP contribution in [0.15, 0.2) is 24.3 Å². The van der Waals surface area contributed by atoms with Crippen molar-refractivity contribution < 1.29 is 0 Å². The monoisotopic (exact) mass is 217 g/mol. The summed E-state index contributed by atoms with van der Waals surface area (Å²) in [6, 6.07) is 8.91. The fourth-order valence-corrected chi connectivity index (χ4v) is 2.58. The van der Waals surface area contributed by atoms with Gasteiger partial charge in [-0.2, -0.15) is 0 Å². The molecule has 0 saturated carbocycles. The summed E-state index contributed by atoms with van der Waals surface area (Å²) in [5.41, 5.74) is 2.98. The molecule has 0 spiro atoms. The summed E-state index contributed by atoms with van der Waals surface area (Å²) in [7, 11) is 0. The van der Waals surface area contributed by atoms with E-state index in [1.54, 1.807) is 0 Å². The minimum Gasteiger partial charge on any atom is -0.371 e. The van der Waals surface area contributed by atoms with Crippen molar-refractivity contribution >= 4 is 5.69 Å². The zero-order chi connectivity index (χ0) is 11.4. The largest absolute Gasteiger partial charge is 0.371 e. The molecule has 0 amide bonds. The van der Waals surface area contributed by atoms with Crippen LogP contribution in [0.4, 0.5) is 5.69 Å². The SMILES string of the molecule is CC(C)c1ccccc1N1CCCCCC1. The van der Waals surface area contributed by atoms with Crippen LogP contribution in [0.1, 0.15) is 51.0 Å². The molecule has 1 nitrogen and oxygen atoms in total. The normalized spacial score (nSPS) is 17.6.